The molecule has 0 radical (unpaired) electrons. The van der Waals surface area contributed by atoms with Crippen LogP contribution in [0.4, 0.5) is 9.59 Å². The van der Waals surface area contributed by atoms with Gasteiger partial charge in [0.05, 0.1) is 18.4 Å². The number of benzene rings is 2. The fraction of sp³-hybridized carbons (Fsp3) is 0.393. The molecule has 0 heterocycles. The van der Waals surface area contributed by atoms with Crippen LogP contribution in [0.25, 0.3) is 11.1 Å². The molecular weight excluding hydrogens is 504 g/mol. The van der Waals surface area contributed by atoms with Gasteiger partial charge in [0.15, 0.2) is 0 Å². The van der Waals surface area contributed by atoms with Crippen molar-refractivity contribution in [2.24, 2.45) is 16.9 Å². The Morgan fingerprint density at radius 3 is 2.15 bits per heavy atom. The number of carboxylic acid groups (broad SMARTS) is 2. The number of urea groups is 1. The van der Waals surface area contributed by atoms with Crippen LogP contribution in [0.3, 0.4) is 0 Å². The zero-order chi connectivity index (χ0) is 27.8. The number of rotatable bonds is 10. The van der Waals surface area contributed by atoms with Crippen molar-refractivity contribution in [3.63, 3.8) is 0 Å². The molecule has 39 heavy (non-hydrogen) atoms. The standard InChI is InChI=1S/C28H32N4O7/c33-25(34)13-19(15-30-32-27(37)29-14-17-9-11-18(12-10-17)26(35)36)31-28(38)39-16-24-22-7-3-1-5-20(22)21-6-2-4-8-23(21)24/h1-8,15,17-19,24H,9-14,16H2,(H,31,38)(H,33,34)(H,35,36)(H2,29,32,37)/b30-15+/t17?,18?,19-/m0/s1. The second-order valence-electron chi connectivity index (χ2n) is 9.83. The molecule has 2 aromatic carbocycles. The van der Waals surface area contributed by atoms with Gasteiger partial charge < -0.3 is 25.6 Å². The fourth-order valence-electron chi connectivity index (χ4n) is 5.20. The van der Waals surface area contributed by atoms with E-state index in [1.807, 2.05) is 48.5 Å². The predicted molar refractivity (Wildman–Crippen MR) is 142 cm³/mol. The van der Waals surface area contributed by atoms with E-state index in [1.54, 1.807) is 0 Å². The molecule has 0 bridgehead atoms. The zero-order valence-corrected chi connectivity index (χ0v) is 21.3. The van der Waals surface area contributed by atoms with Gasteiger partial charge in [-0.25, -0.2) is 15.0 Å². The van der Waals surface area contributed by atoms with Gasteiger partial charge in [0.2, 0.25) is 0 Å². The van der Waals surface area contributed by atoms with Gasteiger partial charge in [-0.1, -0.05) is 48.5 Å². The molecule has 0 saturated heterocycles. The van der Waals surface area contributed by atoms with Crippen LogP contribution in [0.1, 0.15) is 49.1 Å². The first-order valence-corrected chi connectivity index (χ1v) is 12.9. The van der Waals surface area contributed by atoms with Crippen molar-refractivity contribution in [3.8, 4) is 11.1 Å². The number of alkyl carbamates (subject to hydrolysis) is 1. The molecule has 3 amide bonds. The van der Waals surface area contributed by atoms with E-state index in [9.17, 15) is 24.3 Å². The van der Waals surface area contributed by atoms with Crippen LogP contribution in [0.5, 0.6) is 0 Å². The first kappa shape index (κ1) is 27.6. The number of nitrogens with one attached hydrogen (secondary N) is 3. The minimum atomic E-state index is -1.16. The first-order chi connectivity index (χ1) is 18.8. The Balaban J connectivity index is 1.24. The van der Waals surface area contributed by atoms with E-state index in [0.717, 1.165) is 28.5 Å². The summed E-state index contributed by atoms with van der Waals surface area (Å²) >= 11 is 0. The molecular formula is C28H32N4O7. The van der Waals surface area contributed by atoms with Crippen molar-refractivity contribution in [3.05, 3.63) is 59.7 Å². The van der Waals surface area contributed by atoms with Gasteiger partial charge in [-0.05, 0) is 53.9 Å². The number of hydrogen-bond acceptors (Lipinski definition) is 6. The lowest BCUT2D eigenvalue weighted by atomic mass is 9.82. The molecule has 2 aliphatic carbocycles. The summed E-state index contributed by atoms with van der Waals surface area (Å²) in [5, 5.41) is 27.2. The highest BCUT2D eigenvalue weighted by atomic mass is 16.5. The van der Waals surface area contributed by atoms with Crippen molar-refractivity contribution < 1.29 is 34.1 Å². The average molecular weight is 537 g/mol. The summed E-state index contributed by atoms with van der Waals surface area (Å²) in [5.74, 6) is -2.22. The van der Waals surface area contributed by atoms with Crippen LogP contribution in [0.2, 0.25) is 0 Å². The van der Waals surface area contributed by atoms with Crippen LogP contribution in [0, 0.1) is 11.8 Å². The van der Waals surface area contributed by atoms with E-state index in [4.69, 9.17) is 9.84 Å². The van der Waals surface area contributed by atoms with Crippen molar-refractivity contribution in [2.75, 3.05) is 13.2 Å². The van der Waals surface area contributed by atoms with Crippen LogP contribution >= 0.6 is 0 Å². The summed E-state index contributed by atoms with van der Waals surface area (Å²) in [7, 11) is 0. The van der Waals surface area contributed by atoms with E-state index >= 15 is 0 Å². The van der Waals surface area contributed by atoms with Crippen LogP contribution in [0.15, 0.2) is 53.6 Å². The van der Waals surface area contributed by atoms with Gasteiger partial charge in [-0.15, -0.1) is 0 Å². The highest BCUT2D eigenvalue weighted by Crippen LogP contribution is 2.44. The van der Waals surface area contributed by atoms with Crippen LogP contribution in [-0.4, -0.2) is 59.7 Å². The highest BCUT2D eigenvalue weighted by Gasteiger charge is 2.29. The monoisotopic (exact) mass is 536 g/mol. The Morgan fingerprint density at radius 2 is 1.56 bits per heavy atom. The third-order valence-corrected chi connectivity index (χ3v) is 7.21. The number of fused-ring (bicyclic) bond motifs is 3. The van der Waals surface area contributed by atoms with Gasteiger partial charge in [0.1, 0.15) is 6.61 Å². The number of hydrogen-bond donors (Lipinski definition) is 5. The number of nitrogens with zero attached hydrogens (tertiary/aromatic N) is 1. The Kier molecular flexibility index (Phi) is 9.14. The molecule has 1 saturated carbocycles. The first-order valence-electron chi connectivity index (χ1n) is 12.9. The number of carboxylic acids is 2. The molecule has 11 nitrogen and oxygen atoms in total. The van der Waals surface area contributed by atoms with Gasteiger partial charge in [-0.2, -0.15) is 5.10 Å². The number of carbonyl (C=O) groups is 4. The molecule has 2 aromatic rings. The summed E-state index contributed by atoms with van der Waals surface area (Å²) in [6, 6.07) is 14.3. The van der Waals surface area contributed by atoms with Crippen LogP contribution in [-0.2, 0) is 14.3 Å². The van der Waals surface area contributed by atoms with E-state index in [2.05, 4.69) is 21.2 Å². The lowest BCUT2D eigenvalue weighted by Gasteiger charge is -2.25. The number of aliphatic carboxylic acids is 2. The summed E-state index contributed by atoms with van der Waals surface area (Å²) in [4.78, 5) is 46.9. The maximum Gasteiger partial charge on any atom is 0.407 e. The van der Waals surface area contributed by atoms with Gasteiger partial charge in [0.25, 0.3) is 0 Å². The molecule has 2 aliphatic rings. The second-order valence-corrected chi connectivity index (χ2v) is 9.83. The topological polar surface area (TPSA) is 166 Å². The summed E-state index contributed by atoms with van der Waals surface area (Å²) in [6.07, 6.45) is 2.48. The molecule has 0 spiro atoms. The Morgan fingerprint density at radius 1 is 0.949 bits per heavy atom. The van der Waals surface area contributed by atoms with Gasteiger partial charge in [-0.3, -0.25) is 9.59 Å². The molecule has 11 heteroatoms. The third-order valence-electron chi connectivity index (χ3n) is 7.21. The molecule has 5 N–H and O–H groups in total. The summed E-state index contributed by atoms with van der Waals surface area (Å²) < 4.78 is 5.47. The van der Waals surface area contributed by atoms with Crippen LogP contribution < -0.4 is 16.1 Å². The van der Waals surface area contributed by atoms with Crippen molar-refractivity contribution >= 4 is 30.3 Å². The highest BCUT2D eigenvalue weighted by molar-refractivity contribution is 5.82. The number of ether oxygens (including phenoxy) is 1. The maximum atomic E-state index is 12.5. The van der Waals surface area contributed by atoms with Crippen molar-refractivity contribution in [1.29, 1.82) is 0 Å². The summed E-state index contributed by atoms with van der Waals surface area (Å²) in [5.41, 5.74) is 6.56. The minimum Gasteiger partial charge on any atom is -0.481 e. The molecule has 4 rings (SSSR count). The fourth-order valence-corrected chi connectivity index (χ4v) is 5.20. The average Bonchev–Trinajstić information content (AvgIpc) is 3.24. The van der Waals surface area contributed by atoms with E-state index in [-0.39, 0.29) is 24.4 Å². The largest absolute Gasteiger partial charge is 0.481 e. The minimum absolute atomic E-state index is 0.0752. The SMILES string of the molecule is O=C(O)C[C@@H](/C=N/NC(=O)NCC1CCC(C(=O)O)CC1)NC(=O)OCC1c2ccccc2-c2ccccc21. The molecule has 0 aliphatic heterocycles. The van der Waals surface area contributed by atoms with E-state index in [0.29, 0.717) is 32.2 Å². The van der Waals surface area contributed by atoms with Crippen molar-refractivity contribution in [1.82, 2.24) is 16.1 Å². The molecule has 206 valence electrons. The third kappa shape index (κ3) is 7.34. The molecule has 1 atom stereocenters. The predicted octanol–water partition coefficient (Wildman–Crippen LogP) is 3.54. The lowest BCUT2D eigenvalue weighted by molar-refractivity contribution is -0.143. The Bertz CT molecular complexity index is 1190. The molecule has 1 fully saturated rings. The number of carbonyl (C=O) groups excluding carboxylic acids is 2. The maximum absolute atomic E-state index is 12.5. The quantitative estimate of drug-likeness (QED) is 0.229. The molecule has 0 aromatic heterocycles. The second kappa shape index (κ2) is 12.9. The Hall–Kier alpha value is -4.41. The number of amides is 3. The van der Waals surface area contributed by atoms with Gasteiger partial charge in [0, 0.05) is 18.7 Å². The smallest absolute Gasteiger partial charge is 0.407 e. The lowest BCUT2D eigenvalue weighted by Crippen LogP contribution is -2.40. The zero-order valence-electron chi connectivity index (χ0n) is 21.3. The van der Waals surface area contributed by atoms with E-state index in [1.165, 1.54) is 0 Å². The summed E-state index contributed by atoms with van der Waals surface area (Å²) in [6.45, 7) is 0.454. The molecule has 0 unspecified atom stereocenters. The van der Waals surface area contributed by atoms with E-state index < -0.39 is 36.5 Å². The number of hydrazone groups is 1. The van der Waals surface area contributed by atoms with Gasteiger partial charge >= 0.3 is 24.1 Å². The normalized spacial score (nSPS) is 19.0. The Labute approximate surface area is 225 Å². The van der Waals surface area contributed by atoms with Crippen molar-refractivity contribution in [2.45, 2.75) is 44.1 Å².